The van der Waals surface area contributed by atoms with Crippen molar-refractivity contribution in [3.05, 3.63) is 96.1 Å². The van der Waals surface area contributed by atoms with Crippen molar-refractivity contribution in [1.29, 1.82) is 0 Å². The lowest BCUT2D eigenvalue weighted by Gasteiger charge is -2.09. The lowest BCUT2D eigenvalue weighted by Crippen LogP contribution is -1.85. The molecule has 0 radical (unpaired) electrons. The predicted octanol–water partition coefficient (Wildman–Crippen LogP) is 6.72. The highest BCUT2D eigenvalue weighted by Crippen LogP contribution is 2.41. The standard InChI is InChI=1S/C25H16/c1-2-6-17-12-21-15-24-19(13-20(21)11-16(17)5-1)9-10-23-22-8-4-3-7-18(22)14-25(23)24/h1-13,15H,14H2. The molecular weight excluding hydrogens is 300 g/mol. The van der Waals surface area contributed by atoms with Crippen LogP contribution in [-0.2, 0) is 6.42 Å². The van der Waals surface area contributed by atoms with Crippen molar-refractivity contribution in [2.24, 2.45) is 0 Å². The Morgan fingerprint density at radius 3 is 2.00 bits per heavy atom. The van der Waals surface area contributed by atoms with E-state index < -0.39 is 0 Å². The number of fused-ring (bicyclic) bond motifs is 7. The van der Waals surface area contributed by atoms with Crippen molar-refractivity contribution >= 4 is 32.3 Å². The summed E-state index contributed by atoms with van der Waals surface area (Å²) in [6.45, 7) is 0. The Morgan fingerprint density at radius 2 is 1.16 bits per heavy atom. The quantitative estimate of drug-likeness (QED) is 0.273. The van der Waals surface area contributed by atoms with Crippen molar-refractivity contribution in [2.45, 2.75) is 6.42 Å². The second-order valence-electron chi connectivity index (χ2n) is 7.05. The molecule has 0 atom stereocenters. The number of benzene rings is 5. The Labute approximate surface area is 146 Å². The maximum atomic E-state index is 2.39. The van der Waals surface area contributed by atoms with Gasteiger partial charge in [-0.2, -0.15) is 0 Å². The van der Waals surface area contributed by atoms with Gasteiger partial charge in [-0.3, -0.25) is 0 Å². The fourth-order valence-corrected chi connectivity index (χ4v) is 4.40. The molecule has 6 rings (SSSR count). The van der Waals surface area contributed by atoms with Crippen LogP contribution in [0.1, 0.15) is 11.1 Å². The molecular formula is C25H16. The average molecular weight is 316 g/mol. The van der Waals surface area contributed by atoms with Gasteiger partial charge in [0.05, 0.1) is 0 Å². The highest BCUT2D eigenvalue weighted by Gasteiger charge is 2.20. The summed E-state index contributed by atoms with van der Waals surface area (Å²) in [5.41, 5.74) is 5.73. The second-order valence-corrected chi connectivity index (χ2v) is 7.05. The van der Waals surface area contributed by atoms with E-state index >= 15 is 0 Å². The first-order valence-electron chi connectivity index (χ1n) is 8.83. The van der Waals surface area contributed by atoms with Gasteiger partial charge in [0.15, 0.2) is 0 Å². The summed E-state index contributed by atoms with van der Waals surface area (Å²) in [5, 5.41) is 8.01. The highest BCUT2D eigenvalue weighted by atomic mass is 14.2. The Bertz CT molecular complexity index is 1310. The molecule has 0 heteroatoms. The normalized spacial score (nSPS) is 12.6. The molecule has 0 nitrogen and oxygen atoms in total. The molecule has 5 aromatic rings. The van der Waals surface area contributed by atoms with E-state index in [1.165, 1.54) is 54.6 Å². The van der Waals surface area contributed by atoms with Gasteiger partial charge in [0, 0.05) is 0 Å². The molecule has 116 valence electrons. The van der Waals surface area contributed by atoms with Crippen LogP contribution in [0.15, 0.2) is 84.9 Å². The summed E-state index contributed by atoms with van der Waals surface area (Å²) in [7, 11) is 0. The van der Waals surface area contributed by atoms with Crippen LogP contribution >= 0.6 is 0 Å². The maximum absolute atomic E-state index is 2.39. The first kappa shape index (κ1) is 13.2. The SMILES string of the molecule is c1ccc2c(c1)Cc1c-2ccc2cc3cc4ccccc4cc3cc12. The van der Waals surface area contributed by atoms with Crippen molar-refractivity contribution < 1.29 is 0 Å². The van der Waals surface area contributed by atoms with E-state index in [4.69, 9.17) is 0 Å². The van der Waals surface area contributed by atoms with Gasteiger partial charge in [-0.05, 0) is 85.3 Å². The number of hydrogen-bond acceptors (Lipinski definition) is 0. The fraction of sp³-hybridized carbons (Fsp3) is 0.0400. The lowest BCUT2D eigenvalue weighted by molar-refractivity contribution is 1.28. The zero-order valence-corrected chi connectivity index (χ0v) is 13.8. The molecule has 0 amide bonds. The molecule has 0 bridgehead atoms. The number of hydrogen-bond donors (Lipinski definition) is 0. The zero-order chi connectivity index (χ0) is 16.4. The minimum absolute atomic E-state index is 1.04. The van der Waals surface area contributed by atoms with Crippen LogP contribution in [0.3, 0.4) is 0 Å². The van der Waals surface area contributed by atoms with Gasteiger partial charge >= 0.3 is 0 Å². The molecule has 0 heterocycles. The van der Waals surface area contributed by atoms with Gasteiger partial charge in [-0.15, -0.1) is 0 Å². The molecule has 1 aliphatic rings. The minimum Gasteiger partial charge on any atom is -0.0619 e. The van der Waals surface area contributed by atoms with Crippen molar-refractivity contribution in [3.8, 4) is 11.1 Å². The first-order valence-corrected chi connectivity index (χ1v) is 8.83. The molecule has 0 fully saturated rings. The van der Waals surface area contributed by atoms with Crippen molar-refractivity contribution in [1.82, 2.24) is 0 Å². The van der Waals surface area contributed by atoms with Crippen molar-refractivity contribution in [3.63, 3.8) is 0 Å². The Kier molecular flexibility index (Phi) is 2.48. The maximum Gasteiger partial charge on any atom is -0.000728 e. The molecule has 5 aromatic carbocycles. The third kappa shape index (κ3) is 1.82. The summed E-state index contributed by atoms with van der Waals surface area (Å²) in [6.07, 6.45) is 1.04. The van der Waals surface area contributed by atoms with Crippen LogP contribution in [0.25, 0.3) is 43.4 Å². The zero-order valence-electron chi connectivity index (χ0n) is 13.8. The Hall–Kier alpha value is -3.12. The molecule has 0 saturated carbocycles. The van der Waals surface area contributed by atoms with Crippen LogP contribution in [-0.4, -0.2) is 0 Å². The smallest absolute Gasteiger partial charge is 0.000728 e. The molecule has 0 aliphatic heterocycles. The van der Waals surface area contributed by atoms with E-state index in [2.05, 4.69) is 84.9 Å². The number of rotatable bonds is 0. The van der Waals surface area contributed by atoms with E-state index in [0.29, 0.717) is 0 Å². The largest absolute Gasteiger partial charge is 0.0619 e. The van der Waals surface area contributed by atoms with E-state index in [-0.39, 0.29) is 0 Å². The summed E-state index contributed by atoms with van der Waals surface area (Å²) >= 11 is 0. The van der Waals surface area contributed by atoms with Crippen LogP contribution in [0.4, 0.5) is 0 Å². The molecule has 0 N–H and O–H groups in total. The van der Waals surface area contributed by atoms with Gasteiger partial charge in [-0.1, -0.05) is 60.7 Å². The van der Waals surface area contributed by atoms with E-state index in [9.17, 15) is 0 Å². The summed E-state index contributed by atoms with van der Waals surface area (Å²) < 4.78 is 0. The van der Waals surface area contributed by atoms with E-state index in [0.717, 1.165) is 6.42 Å². The summed E-state index contributed by atoms with van der Waals surface area (Å²) in [4.78, 5) is 0. The van der Waals surface area contributed by atoms with Gasteiger partial charge in [-0.25, -0.2) is 0 Å². The van der Waals surface area contributed by atoms with Crippen LogP contribution in [0.5, 0.6) is 0 Å². The van der Waals surface area contributed by atoms with Crippen molar-refractivity contribution in [2.75, 3.05) is 0 Å². The van der Waals surface area contributed by atoms with E-state index in [1.807, 2.05) is 0 Å². The highest BCUT2D eigenvalue weighted by molar-refractivity contribution is 6.07. The van der Waals surface area contributed by atoms with Gasteiger partial charge < -0.3 is 0 Å². The van der Waals surface area contributed by atoms with Crippen LogP contribution in [0.2, 0.25) is 0 Å². The first-order chi connectivity index (χ1) is 12.4. The minimum atomic E-state index is 1.04. The third-order valence-electron chi connectivity index (χ3n) is 5.63. The predicted molar refractivity (Wildman–Crippen MR) is 107 cm³/mol. The van der Waals surface area contributed by atoms with Gasteiger partial charge in [0.1, 0.15) is 0 Å². The Morgan fingerprint density at radius 1 is 0.480 bits per heavy atom. The monoisotopic (exact) mass is 316 g/mol. The second kappa shape index (κ2) is 4.70. The molecule has 1 aliphatic carbocycles. The fourth-order valence-electron chi connectivity index (χ4n) is 4.40. The lowest BCUT2D eigenvalue weighted by atomic mass is 9.95. The topological polar surface area (TPSA) is 0 Å². The summed E-state index contributed by atoms with van der Waals surface area (Å²) in [5.74, 6) is 0. The molecule has 0 aromatic heterocycles. The molecule has 0 spiro atoms. The van der Waals surface area contributed by atoms with Crippen LogP contribution in [0, 0.1) is 0 Å². The van der Waals surface area contributed by atoms with Gasteiger partial charge in [0.2, 0.25) is 0 Å². The van der Waals surface area contributed by atoms with Crippen LogP contribution < -0.4 is 0 Å². The molecule has 25 heavy (non-hydrogen) atoms. The van der Waals surface area contributed by atoms with E-state index in [1.54, 1.807) is 0 Å². The summed E-state index contributed by atoms with van der Waals surface area (Å²) in [6, 6.07) is 31.4. The van der Waals surface area contributed by atoms with Gasteiger partial charge in [0.25, 0.3) is 0 Å². The third-order valence-corrected chi connectivity index (χ3v) is 5.63. The Balaban J connectivity index is 1.70. The average Bonchev–Trinajstić information content (AvgIpc) is 3.04. The molecule has 0 saturated heterocycles. The molecule has 0 unspecified atom stereocenters.